The molecule has 2 aliphatic carbocycles. The average molecular weight is 589 g/mol. The number of aromatic nitrogens is 2. The van der Waals surface area contributed by atoms with Crippen LogP contribution in [0, 0.1) is 22.6 Å². The van der Waals surface area contributed by atoms with E-state index in [0.29, 0.717) is 75.8 Å². The number of guanidine groups is 1. The smallest absolute Gasteiger partial charge is 0.261 e. The van der Waals surface area contributed by atoms with Crippen LogP contribution < -0.4 is 16.0 Å². The molecular weight excluding hydrogens is 543 g/mol. The molecule has 1 aromatic heterocycles. The number of benzene rings is 2. The molecule has 230 valence electrons. The Balaban J connectivity index is 1.16. The number of rotatable bonds is 6. The SMILES string of the molecule is COc1ccc(CCn2cnc3cc(N=C(N)N4CC(C)N(C5C6(C)CCC(C6)C5(C)C)C(C)C4)ccc3c2=O)c(F)c1. The lowest BCUT2D eigenvalue weighted by molar-refractivity contribution is -0.0660. The van der Waals surface area contributed by atoms with Gasteiger partial charge in [-0.05, 0) is 86.1 Å². The van der Waals surface area contributed by atoms with E-state index in [-0.39, 0.29) is 11.4 Å². The summed E-state index contributed by atoms with van der Waals surface area (Å²) in [5.41, 5.74) is 8.89. The molecule has 5 unspecified atom stereocenters. The van der Waals surface area contributed by atoms with E-state index in [9.17, 15) is 9.18 Å². The predicted molar refractivity (Wildman–Crippen MR) is 169 cm³/mol. The Hall–Kier alpha value is -3.46. The van der Waals surface area contributed by atoms with Gasteiger partial charge in [0.05, 0.1) is 30.0 Å². The van der Waals surface area contributed by atoms with Crippen LogP contribution in [0.4, 0.5) is 10.1 Å². The van der Waals surface area contributed by atoms with Crippen molar-refractivity contribution in [3.05, 3.63) is 64.5 Å². The van der Waals surface area contributed by atoms with Crippen LogP contribution in [0.5, 0.6) is 5.75 Å². The summed E-state index contributed by atoms with van der Waals surface area (Å²) < 4.78 is 21.0. The molecule has 0 amide bonds. The summed E-state index contributed by atoms with van der Waals surface area (Å²) >= 11 is 0. The van der Waals surface area contributed by atoms with Crippen LogP contribution in [0.1, 0.15) is 59.4 Å². The van der Waals surface area contributed by atoms with Gasteiger partial charge in [-0.2, -0.15) is 0 Å². The van der Waals surface area contributed by atoms with Gasteiger partial charge in [-0.15, -0.1) is 0 Å². The molecule has 3 aromatic rings. The number of hydrogen-bond acceptors (Lipinski definition) is 5. The molecule has 1 aliphatic heterocycles. The number of hydrogen-bond donors (Lipinski definition) is 1. The molecule has 1 saturated heterocycles. The van der Waals surface area contributed by atoms with Crippen molar-refractivity contribution in [2.45, 2.75) is 85.0 Å². The Labute approximate surface area is 253 Å². The van der Waals surface area contributed by atoms with E-state index in [2.05, 4.69) is 49.4 Å². The van der Waals surface area contributed by atoms with Crippen molar-refractivity contribution < 1.29 is 9.13 Å². The largest absolute Gasteiger partial charge is 0.497 e. The minimum atomic E-state index is -0.352. The molecule has 0 spiro atoms. The topological polar surface area (TPSA) is 89.0 Å². The first kappa shape index (κ1) is 29.6. The molecule has 2 saturated carbocycles. The number of ether oxygens (including phenoxy) is 1. The molecule has 2 bridgehead atoms. The highest BCUT2D eigenvalue weighted by molar-refractivity contribution is 5.85. The van der Waals surface area contributed by atoms with Gasteiger partial charge in [-0.3, -0.25) is 14.3 Å². The molecule has 2 heterocycles. The van der Waals surface area contributed by atoms with Crippen LogP contribution in [0.2, 0.25) is 0 Å². The first-order chi connectivity index (χ1) is 20.4. The van der Waals surface area contributed by atoms with Gasteiger partial charge in [0.15, 0.2) is 5.96 Å². The second-order valence-electron chi connectivity index (χ2n) is 14.0. The normalized spacial score (nSPS) is 29.0. The number of fused-ring (bicyclic) bond motifs is 3. The van der Waals surface area contributed by atoms with Crippen molar-refractivity contribution >= 4 is 22.5 Å². The van der Waals surface area contributed by atoms with Gasteiger partial charge in [0.1, 0.15) is 11.6 Å². The maximum absolute atomic E-state index is 14.4. The van der Waals surface area contributed by atoms with Crippen LogP contribution in [0.3, 0.4) is 0 Å². The fourth-order valence-corrected chi connectivity index (χ4v) is 8.73. The van der Waals surface area contributed by atoms with Gasteiger partial charge in [0.25, 0.3) is 5.56 Å². The fourth-order valence-electron chi connectivity index (χ4n) is 8.73. The van der Waals surface area contributed by atoms with Gasteiger partial charge in [-0.1, -0.05) is 26.8 Å². The standard InChI is InChI=1S/C34H45FN6O2/c1-21-18-40(19-22(2)41(21)31-33(3,4)24-11-13-34(31,5)17-24)32(36)38-25-8-10-27-29(15-25)37-20-39(30(27)42)14-12-23-7-9-26(43-6)16-28(23)35/h7-10,15-16,20-22,24,31H,11-14,17-19H2,1-6H3,(H2,36,38). The Morgan fingerprint density at radius 2 is 1.88 bits per heavy atom. The summed E-state index contributed by atoms with van der Waals surface area (Å²) in [6.45, 7) is 14.1. The van der Waals surface area contributed by atoms with Gasteiger partial charge < -0.3 is 15.4 Å². The molecular formula is C34H45FN6O2. The molecule has 3 aliphatic rings. The number of methoxy groups -OCH3 is 1. The van der Waals surface area contributed by atoms with Crippen molar-refractivity contribution in [3.8, 4) is 5.75 Å². The Morgan fingerprint density at radius 3 is 2.53 bits per heavy atom. The minimum absolute atomic E-state index is 0.168. The zero-order chi connectivity index (χ0) is 30.7. The maximum Gasteiger partial charge on any atom is 0.261 e. The van der Waals surface area contributed by atoms with Crippen LogP contribution in [0.15, 0.2) is 52.5 Å². The van der Waals surface area contributed by atoms with E-state index < -0.39 is 0 Å². The molecule has 9 heteroatoms. The van der Waals surface area contributed by atoms with Crippen molar-refractivity contribution in [1.82, 2.24) is 19.4 Å². The third-order valence-electron chi connectivity index (χ3n) is 10.7. The zero-order valence-electron chi connectivity index (χ0n) is 26.3. The molecule has 5 atom stereocenters. The van der Waals surface area contributed by atoms with Crippen LogP contribution >= 0.6 is 0 Å². The second kappa shape index (κ2) is 10.9. The monoisotopic (exact) mass is 588 g/mol. The summed E-state index contributed by atoms with van der Waals surface area (Å²) in [4.78, 5) is 27.4. The Bertz CT molecular complexity index is 1600. The number of nitrogens with zero attached hydrogens (tertiary/aromatic N) is 5. The molecule has 3 fully saturated rings. The van der Waals surface area contributed by atoms with E-state index in [1.54, 1.807) is 24.3 Å². The second-order valence-corrected chi connectivity index (χ2v) is 14.0. The molecule has 0 radical (unpaired) electrons. The van der Waals surface area contributed by atoms with Gasteiger partial charge >= 0.3 is 0 Å². The van der Waals surface area contributed by atoms with Crippen LogP contribution in [-0.2, 0) is 13.0 Å². The van der Waals surface area contributed by atoms with E-state index in [1.165, 1.54) is 43.3 Å². The molecule has 8 nitrogen and oxygen atoms in total. The highest BCUT2D eigenvalue weighted by atomic mass is 19.1. The molecule has 43 heavy (non-hydrogen) atoms. The van der Waals surface area contributed by atoms with Crippen LogP contribution in [-0.4, -0.2) is 63.6 Å². The van der Waals surface area contributed by atoms with Gasteiger partial charge in [0, 0.05) is 43.8 Å². The summed E-state index contributed by atoms with van der Waals surface area (Å²) in [6, 6.07) is 11.4. The third kappa shape index (κ3) is 5.19. The lowest BCUT2D eigenvalue weighted by Gasteiger charge is -2.56. The van der Waals surface area contributed by atoms with Crippen molar-refractivity contribution in [2.75, 3.05) is 20.2 Å². The fraction of sp³-hybridized carbons (Fsp3) is 0.559. The molecule has 2 aromatic carbocycles. The lowest BCUT2D eigenvalue weighted by atomic mass is 9.67. The summed E-state index contributed by atoms with van der Waals surface area (Å²) in [7, 11) is 1.50. The summed E-state index contributed by atoms with van der Waals surface area (Å²) in [5.74, 6) is 1.42. The minimum Gasteiger partial charge on any atom is -0.497 e. The Kier molecular flexibility index (Phi) is 7.51. The van der Waals surface area contributed by atoms with Crippen LogP contribution in [0.25, 0.3) is 10.9 Å². The third-order valence-corrected chi connectivity index (χ3v) is 10.7. The van der Waals surface area contributed by atoms with Crippen molar-refractivity contribution in [3.63, 3.8) is 0 Å². The van der Waals surface area contributed by atoms with E-state index in [0.717, 1.165) is 19.0 Å². The predicted octanol–water partition coefficient (Wildman–Crippen LogP) is 5.34. The van der Waals surface area contributed by atoms with Gasteiger partial charge in [0.2, 0.25) is 0 Å². The number of halogens is 1. The number of piperazine rings is 1. The van der Waals surface area contributed by atoms with Crippen molar-refractivity contribution in [2.24, 2.45) is 27.5 Å². The maximum atomic E-state index is 14.4. The molecule has 6 rings (SSSR count). The molecule has 2 N–H and O–H groups in total. The van der Waals surface area contributed by atoms with Gasteiger partial charge in [-0.25, -0.2) is 14.4 Å². The van der Waals surface area contributed by atoms with E-state index >= 15 is 0 Å². The number of aryl methyl sites for hydroxylation is 2. The number of aliphatic imine (C=N–C) groups is 1. The van der Waals surface area contributed by atoms with E-state index in [4.69, 9.17) is 15.5 Å². The quantitative estimate of drug-likeness (QED) is 0.309. The zero-order valence-corrected chi connectivity index (χ0v) is 26.3. The highest BCUT2D eigenvalue weighted by Gasteiger charge is 2.62. The number of nitrogens with two attached hydrogens (primary N) is 1. The Morgan fingerprint density at radius 1 is 1.14 bits per heavy atom. The first-order valence-corrected chi connectivity index (χ1v) is 15.6. The highest BCUT2D eigenvalue weighted by Crippen LogP contribution is 2.64. The first-order valence-electron chi connectivity index (χ1n) is 15.6. The lowest BCUT2D eigenvalue weighted by Crippen LogP contribution is -2.66. The summed E-state index contributed by atoms with van der Waals surface area (Å²) in [5, 5.41) is 0.494. The van der Waals surface area contributed by atoms with Crippen molar-refractivity contribution in [1.29, 1.82) is 0 Å². The average Bonchev–Trinajstić information content (AvgIpc) is 3.45. The summed E-state index contributed by atoms with van der Waals surface area (Å²) in [6.07, 6.45) is 5.92. The van der Waals surface area contributed by atoms with E-state index in [1.807, 2.05) is 6.07 Å².